The smallest absolute Gasteiger partial charge is 0.227 e. The predicted molar refractivity (Wildman–Crippen MR) is 79.0 cm³/mol. The van der Waals surface area contributed by atoms with Gasteiger partial charge in [0.15, 0.2) is 0 Å². The molecule has 0 radical (unpaired) electrons. The van der Waals surface area contributed by atoms with Gasteiger partial charge in [-0.25, -0.2) is 4.39 Å². The van der Waals surface area contributed by atoms with Crippen LogP contribution >= 0.6 is 12.4 Å². The number of hydrogen-bond acceptors (Lipinski definition) is 3. The van der Waals surface area contributed by atoms with E-state index in [0.29, 0.717) is 30.8 Å². The van der Waals surface area contributed by atoms with Crippen LogP contribution in [-0.2, 0) is 4.79 Å². The lowest BCUT2D eigenvalue weighted by atomic mass is 10.1. The van der Waals surface area contributed by atoms with Gasteiger partial charge in [0.05, 0.1) is 12.2 Å². The van der Waals surface area contributed by atoms with Crippen LogP contribution in [0.4, 0.5) is 10.1 Å². The van der Waals surface area contributed by atoms with E-state index in [0.717, 1.165) is 0 Å². The molecule has 0 spiro atoms. The molecule has 1 heterocycles. The number of rotatable bonds is 3. The summed E-state index contributed by atoms with van der Waals surface area (Å²) in [6, 6.07) is 4.23. The molecule has 1 aromatic rings. The van der Waals surface area contributed by atoms with Gasteiger partial charge in [0.1, 0.15) is 17.7 Å². The number of carbonyl (C=O) groups is 1. The van der Waals surface area contributed by atoms with Crippen LogP contribution < -0.4 is 15.4 Å². The molecule has 0 bridgehead atoms. The molecule has 0 aliphatic carbocycles. The van der Waals surface area contributed by atoms with E-state index in [-0.39, 0.29) is 36.3 Å². The average Bonchev–Trinajstić information content (AvgIpc) is 2.34. The Hall–Kier alpha value is -1.33. The second kappa shape index (κ2) is 6.90. The molecule has 0 saturated carbocycles. The molecule has 20 heavy (non-hydrogen) atoms. The average molecular weight is 303 g/mol. The zero-order valence-corrected chi connectivity index (χ0v) is 12.5. The molecule has 2 N–H and O–H groups in total. The summed E-state index contributed by atoms with van der Waals surface area (Å²) in [6.45, 7) is 4.22. The Morgan fingerprint density at radius 1 is 1.60 bits per heavy atom. The summed E-state index contributed by atoms with van der Waals surface area (Å²) in [5, 5.41) is 0. The minimum absolute atomic E-state index is 0. The van der Waals surface area contributed by atoms with E-state index in [2.05, 4.69) is 0 Å². The Morgan fingerprint density at radius 3 is 2.95 bits per heavy atom. The first-order valence-electron chi connectivity index (χ1n) is 6.49. The fraction of sp³-hybridized carbons (Fsp3) is 0.500. The number of benzene rings is 1. The number of ether oxygens (including phenoxy) is 1. The second-order valence-electron chi connectivity index (χ2n) is 5.06. The summed E-state index contributed by atoms with van der Waals surface area (Å²) in [5.41, 5.74) is 6.30. The summed E-state index contributed by atoms with van der Waals surface area (Å²) in [6.07, 6.45) is 0.885. The highest BCUT2D eigenvalue weighted by Gasteiger charge is 2.27. The van der Waals surface area contributed by atoms with E-state index in [1.165, 1.54) is 12.1 Å². The monoisotopic (exact) mass is 302 g/mol. The van der Waals surface area contributed by atoms with Gasteiger partial charge in [0.2, 0.25) is 5.91 Å². The second-order valence-corrected chi connectivity index (χ2v) is 5.06. The third kappa shape index (κ3) is 3.84. The summed E-state index contributed by atoms with van der Waals surface area (Å²) >= 11 is 0. The number of nitrogens with two attached hydrogens (primary N) is 1. The standard InChI is InChI=1S/C14H19FN2O2.ClH/c1-9(16)3-6-14(18)17-8-10(2)19-13-7-11(15)4-5-12(13)17;/h4-5,7,9-10H,3,6,8,16H2,1-2H3;1H. The van der Waals surface area contributed by atoms with Crippen LogP contribution in [0.5, 0.6) is 5.75 Å². The molecule has 6 heteroatoms. The van der Waals surface area contributed by atoms with Crippen LogP contribution in [-0.4, -0.2) is 24.6 Å². The molecule has 2 atom stereocenters. The molecule has 0 fully saturated rings. The maximum absolute atomic E-state index is 13.2. The van der Waals surface area contributed by atoms with Gasteiger partial charge < -0.3 is 15.4 Å². The first kappa shape index (κ1) is 16.7. The lowest BCUT2D eigenvalue weighted by Crippen LogP contribution is -2.42. The molecule has 1 aromatic carbocycles. The van der Waals surface area contributed by atoms with Crippen molar-refractivity contribution >= 4 is 24.0 Å². The Kier molecular flexibility index (Phi) is 5.77. The number of carbonyl (C=O) groups excluding carboxylic acids is 1. The van der Waals surface area contributed by atoms with Crippen molar-refractivity contribution in [3.8, 4) is 5.75 Å². The largest absolute Gasteiger partial charge is 0.487 e. The van der Waals surface area contributed by atoms with E-state index < -0.39 is 0 Å². The van der Waals surface area contributed by atoms with Crippen LogP contribution in [0.15, 0.2) is 18.2 Å². The number of anilines is 1. The number of nitrogens with zero attached hydrogens (tertiary/aromatic N) is 1. The summed E-state index contributed by atoms with van der Waals surface area (Å²) in [7, 11) is 0. The topological polar surface area (TPSA) is 55.6 Å². The normalized spacial score (nSPS) is 18.6. The van der Waals surface area contributed by atoms with Gasteiger partial charge in [0.25, 0.3) is 0 Å². The minimum atomic E-state index is -0.365. The van der Waals surface area contributed by atoms with Gasteiger partial charge in [-0.3, -0.25) is 4.79 Å². The minimum Gasteiger partial charge on any atom is -0.487 e. The Bertz CT molecular complexity index is 482. The van der Waals surface area contributed by atoms with Gasteiger partial charge in [-0.1, -0.05) is 0 Å². The quantitative estimate of drug-likeness (QED) is 0.933. The lowest BCUT2D eigenvalue weighted by Gasteiger charge is -2.33. The van der Waals surface area contributed by atoms with Gasteiger partial charge in [-0.05, 0) is 32.4 Å². The maximum atomic E-state index is 13.2. The lowest BCUT2D eigenvalue weighted by molar-refractivity contribution is -0.119. The van der Waals surface area contributed by atoms with Crippen LogP contribution in [0.2, 0.25) is 0 Å². The van der Waals surface area contributed by atoms with E-state index in [4.69, 9.17) is 10.5 Å². The first-order chi connectivity index (χ1) is 8.97. The fourth-order valence-corrected chi connectivity index (χ4v) is 2.14. The van der Waals surface area contributed by atoms with Gasteiger partial charge >= 0.3 is 0 Å². The Labute approximate surface area is 124 Å². The molecule has 0 saturated heterocycles. The van der Waals surface area contributed by atoms with Crippen molar-refractivity contribution in [2.75, 3.05) is 11.4 Å². The van der Waals surface area contributed by atoms with Crippen molar-refractivity contribution in [2.45, 2.75) is 38.8 Å². The van der Waals surface area contributed by atoms with Crippen molar-refractivity contribution in [3.63, 3.8) is 0 Å². The fourth-order valence-electron chi connectivity index (χ4n) is 2.14. The predicted octanol–water partition coefficient (Wildman–Crippen LogP) is 2.49. The zero-order chi connectivity index (χ0) is 14.0. The molecule has 2 rings (SSSR count). The highest BCUT2D eigenvalue weighted by Crippen LogP contribution is 2.34. The van der Waals surface area contributed by atoms with Crippen molar-refractivity contribution in [2.24, 2.45) is 5.73 Å². The van der Waals surface area contributed by atoms with Crippen LogP contribution in [0, 0.1) is 5.82 Å². The van der Waals surface area contributed by atoms with E-state index in [1.54, 1.807) is 11.0 Å². The molecule has 1 aliphatic heterocycles. The summed E-state index contributed by atoms with van der Waals surface area (Å²) < 4.78 is 18.8. The van der Waals surface area contributed by atoms with Gasteiger partial charge in [-0.2, -0.15) is 0 Å². The summed E-state index contributed by atoms with van der Waals surface area (Å²) in [4.78, 5) is 13.9. The zero-order valence-electron chi connectivity index (χ0n) is 11.6. The molecule has 0 aromatic heterocycles. The molecular formula is C14H20ClFN2O2. The molecule has 112 valence electrons. The van der Waals surface area contributed by atoms with Crippen molar-refractivity contribution < 1.29 is 13.9 Å². The van der Waals surface area contributed by atoms with E-state index in [9.17, 15) is 9.18 Å². The van der Waals surface area contributed by atoms with Crippen LogP contribution in [0.3, 0.4) is 0 Å². The Balaban J connectivity index is 0.00000200. The highest BCUT2D eigenvalue weighted by atomic mass is 35.5. The van der Waals surface area contributed by atoms with Gasteiger partial charge in [0, 0.05) is 18.5 Å². The number of amides is 1. The number of hydrogen-bond donors (Lipinski definition) is 1. The Morgan fingerprint density at radius 2 is 2.30 bits per heavy atom. The molecule has 4 nitrogen and oxygen atoms in total. The van der Waals surface area contributed by atoms with Gasteiger partial charge in [-0.15, -0.1) is 12.4 Å². The number of fused-ring (bicyclic) bond motifs is 1. The molecule has 1 amide bonds. The third-order valence-corrected chi connectivity index (χ3v) is 3.10. The van der Waals surface area contributed by atoms with E-state index >= 15 is 0 Å². The van der Waals surface area contributed by atoms with Crippen molar-refractivity contribution in [1.29, 1.82) is 0 Å². The summed E-state index contributed by atoms with van der Waals surface area (Å²) in [5.74, 6) is 0.0593. The number of halogens is 2. The SMILES string of the molecule is CC(N)CCC(=O)N1CC(C)Oc2cc(F)ccc21.Cl. The molecular weight excluding hydrogens is 283 g/mol. The maximum Gasteiger partial charge on any atom is 0.227 e. The molecule has 1 aliphatic rings. The van der Waals surface area contributed by atoms with Crippen LogP contribution in [0.1, 0.15) is 26.7 Å². The third-order valence-electron chi connectivity index (χ3n) is 3.10. The highest BCUT2D eigenvalue weighted by molar-refractivity contribution is 5.95. The van der Waals surface area contributed by atoms with E-state index in [1.807, 2.05) is 13.8 Å². The molecule has 2 unspecified atom stereocenters. The first-order valence-corrected chi connectivity index (χ1v) is 6.49. The van der Waals surface area contributed by atoms with Crippen molar-refractivity contribution in [3.05, 3.63) is 24.0 Å². The van der Waals surface area contributed by atoms with Crippen LogP contribution in [0.25, 0.3) is 0 Å². The van der Waals surface area contributed by atoms with Crippen molar-refractivity contribution in [1.82, 2.24) is 0 Å².